The minimum atomic E-state index is -5.71. The van der Waals surface area contributed by atoms with Gasteiger partial charge in [0.25, 0.3) is 0 Å². The number of hydrogen-bond acceptors (Lipinski definition) is 6. The van der Waals surface area contributed by atoms with Gasteiger partial charge in [0, 0.05) is 18.5 Å². The van der Waals surface area contributed by atoms with Crippen LogP contribution in [0.4, 0.5) is 18.9 Å². The molecule has 2 heterocycles. The summed E-state index contributed by atoms with van der Waals surface area (Å²) in [6, 6.07) is 5.41. The Hall–Kier alpha value is -2.07. The van der Waals surface area contributed by atoms with Crippen LogP contribution in [0, 0.1) is 0 Å². The van der Waals surface area contributed by atoms with E-state index in [-0.39, 0.29) is 6.10 Å². The first kappa shape index (κ1) is 17.7. The van der Waals surface area contributed by atoms with Gasteiger partial charge in [-0.15, -0.1) is 0 Å². The molecule has 136 valence electrons. The van der Waals surface area contributed by atoms with Gasteiger partial charge in [-0.3, -0.25) is 4.98 Å². The van der Waals surface area contributed by atoms with Crippen molar-refractivity contribution in [3.8, 4) is 5.75 Å². The van der Waals surface area contributed by atoms with E-state index in [0.29, 0.717) is 36.8 Å². The van der Waals surface area contributed by atoms with Crippen LogP contribution in [0.5, 0.6) is 5.75 Å². The Labute approximate surface area is 142 Å². The molecule has 0 radical (unpaired) electrons. The Morgan fingerprint density at radius 3 is 2.52 bits per heavy atom. The first-order valence-electron chi connectivity index (χ1n) is 7.49. The van der Waals surface area contributed by atoms with Crippen molar-refractivity contribution in [3.63, 3.8) is 0 Å². The van der Waals surface area contributed by atoms with Crippen LogP contribution in [-0.2, 0) is 10.1 Å². The van der Waals surface area contributed by atoms with Crippen molar-refractivity contribution in [2.75, 3.05) is 18.0 Å². The number of alkyl halides is 3. The van der Waals surface area contributed by atoms with E-state index < -0.39 is 21.4 Å². The Balaban J connectivity index is 1.89. The summed E-state index contributed by atoms with van der Waals surface area (Å²) in [4.78, 5) is 6.23. The van der Waals surface area contributed by atoms with Crippen LogP contribution in [0.3, 0.4) is 0 Å². The second-order valence-electron chi connectivity index (χ2n) is 5.75. The molecule has 0 spiro atoms. The number of rotatable bonds is 3. The standard InChI is InChI=1S/C15H15F3N2O4S/c16-15(17,18)25(22,23)24-13-1-2-14-10(8-13)7-11(9-19-14)20-5-3-12(21)4-6-20/h1-2,7-9,12,21H,3-6H2. The van der Waals surface area contributed by atoms with E-state index >= 15 is 0 Å². The summed E-state index contributed by atoms with van der Waals surface area (Å²) in [6.45, 7) is 1.26. The fourth-order valence-electron chi connectivity index (χ4n) is 2.62. The third-order valence-electron chi connectivity index (χ3n) is 3.96. The third-order valence-corrected chi connectivity index (χ3v) is 4.94. The fourth-order valence-corrected chi connectivity index (χ4v) is 3.07. The van der Waals surface area contributed by atoms with Crippen LogP contribution >= 0.6 is 0 Å². The van der Waals surface area contributed by atoms with E-state index in [4.69, 9.17) is 0 Å². The molecule has 3 rings (SSSR count). The SMILES string of the molecule is O=S(=O)(Oc1ccc2ncc(N3CCC(O)CC3)cc2c1)C(F)(F)F. The maximum Gasteiger partial charge on any atom is 0.534 e. The average molecular weight is 376 g/mol. The highest BCUT2D eigenvalue weighted by Gasteiger charge is 2.48. The van der Waals surface area contributed by atoms with E-state index in [1.54, 1.807) is 12.3 Å². The molecule has 1 aliphatic heterocycles. The summed E-state index contributed by atoms with van der Waals surface area (Å²) in [5.74, 6) is -0.433. The molecule has 1 aromatic carbocycles. The first-order valence-corrected chi connectivity index (χ1v) is 8.90. The molecule has 6 nitrogen and oxygen atoms in total. The third kappa shape index (κ3) is 3.79. The first-order chi connectivity index (χ1) is 11.7. The molecule has 0 aliphatic carbocycles. The largest absolute Gasteiger partial charge is 0.534 e. The molecule has 0 bridgehead atoms. The highest BCUT2D eigenvalue weighted by Crippen LogP contribution is 2.30. The lowest BCUT2D eigenvalue weighted by Crippen LogP contribution is -2.35. The molecular formula is C15H15F3N2O4S. The normalized spacial score (nSPS) is 17.0. The summed E-state index contributed by atoms with van der Waals surface area (Å²) >= 11 is 0. The maximum absolute atomic E-state index is 12.4. The number of nitrogens with zero attached hydrogens (tertiary/aromatic N) is 2. The number of piperidine rings is 1. The Morgan fingerprint density at radius 2 is 1.88 bits per heavy atom. The lowest BCUT2D eigenvalue weighted by Gasteiger charge is -2.31. The van der Waals surface area contributed by atoms with E-state index in [0.717, 1.165) is 11.8 Å². The lowest BCUT2D eigenvalue weighted by atomic mass is 10.1. The minimum absolute atomic E-state index is 0.336. The Bertz CT molecular complexity index is 878. The monoisotopic (exact) mass is 376 g/mol. The zero-order valence-electron chi connectivity index (χ0n) is 12.9. The molecule has 1 fully saturated rings. The molecule has 1 aliphatic rings. The summed E-state index contributed by atoms with van der Waals surface area (Å²) in [5, 5.41) is 10.0. The fraction of sp³-hybridized carbons (Fsp3) is 0.400. The van der Waals surface area contributed by atoms with Crippen LogP contribution in [0.25, 0.3) is 10.9 Å². The molecule has 25 heavy (non-hydrogen) atoms. The zero-order valence-corrected chi connectivity index (χ0v) is 13.7. The van der Waals surface area contributed by atoms with Crippen molar-refractivity contribution in [2.24, 2.45) is 0 Å². The molecule has 1 aromatic heterocycles. The molecule has 2 aromatic rings. The van der Waals surface area contributed by atoms with Crippen LogP contribution < -0.4 is 9.08 Å². The van der Waals surface area contributed by atoms with Gasteiger partial charge in [0.2, 0.25) is 0 Å². The molecule has 0 atom stereocenters. The van der Waals surface area contributed by atoms with Gasteiger partial charge >= 0.3 is 15.6 Å². The van der Waals surface area contributed by atoms with Crippen LogP contribution in [0.15, 0.2) is 30.5 Å². The summed E-state index contributed by atoms with van der Waals surface area (Å²) in [5.41, 5.74) is -4.25. The molecule has 1 N–H and O–H groups in total. The predicted octanol–water partition coefficient (Wildman–Crippen LogP) is 2.42. The highest BCUT2D eigenvalue weighted by molar-refractivity contribution is 7.88. The number of aromatic nitrogens is 1. The van der Waals surface area contributed by atoms with Crippen molar-refractivity contribution >= 4 is 26.7 Å². The summed E-state index contributed by atoms with van der Waals surface area (Å²) in [6.07, 6.45) is 2.53. The number of aliphatic hydroxyl groups is 1. The van der Waals surface area contributed by atoms with Gasteiger partial charge in [-0.25, -0.2) is 0 Å². The van der Waals surface area contributed by atoms with Gasteiger partial charge in [-0.1, -0.05) is 0 Å². The van der Waals surface area contributed by atoms with Crippen LogP contribution in [0.2, 0.25) is 0 Å². The van der Waals surface area contributed by atoms with Gasteiger partial charge in [0.05, 0.1) is 23.5 Å². The number of pyridine rings is 1. The van der Waals surface area contributed by atoms with E-state index in [1.807, 2.05) is 4.90 Å². The predicted molar refractivity (Wildman–Crippen MR) is 84.8 cm³/mol. The van der Waals surface area contributed by atoms with Gasteiger partial charge < -0.3 is 14.2 Å². The summed E-state index contributed by atoms with van der Waals surface area (Å²) < 4.78 is 63.6. The topological polar surface area (TPSA) is 79.7 Å². The number of aliphatic hydroxyl groups excluding tert-OH is 1. The van der Waals surface area contributed by atoms with Gasteiger partial charge in [0.1, 0.15) is 5.75 Å². The number of benzene rings is 1. The lowest BCUT2D eigenvalue weighted by molar-refractivity contribution is -0.0500. The number of fused-ring (bicyclic) bond motifs is 1. The van der Waals surface area contributed by atoms with Crippen molar-refractivity contribution in [1.29, 1.82) is 0 Å². The van der Waals surface area contributed by atoms with E-state index in [2.05, 4.69) is 9.17 Å². The van der Waals surface area contributed by atoms with Gasteiger partial charge in [-0.2, -0.15) is 21.6 Å². The second-order valence-corrected chi connectivity index (χ2v) is 7.29. The molecule has 0 saturated carbocycles. The van der Waals surface area contributed by atoms with Gasteiger partial charge in [0.15, 0.2) is 0 Å². The molecule has 0 amide bonds. The zero-order chi connectivity index (χ0) is 18.2. The number of anilines is 1. The van der Waals surface area contributed by atoms with Crippen LogP contribution in [0.1, 0.15) is 12.8 Å². The van der Waals surface area contributed by atoms with Crippen molar-refractivity contribution in [3.05, 3.63) is 30.5 Å². The van der Waals surface area contributed by atoms with Crippen molar-refractivity contribution in [2.45, 2.75) is 24.5 Å². The summed E-state index contributed by atoms with van der Waals surface area (Å²) in [7, 11) is -5.71. The average Bonchev–Trinajstić information content (AvgIpc) is 2.53. The van der Waals surface area contributed by atoms with Crippen molar-refractivity contribution < 1.29 is 30.9 Å². The number of halogens is 3. The molecule has 1 saturated heterocycles. The second kappa shape index (κ2) is 6.34. The number of hydrogen-bond donors (Lipinski definition) is 1. The smallest absolute Gasteiger partial charge is 0.393 e. The maximum atomic E-state index is 12.4. The molecule has 0 unspecified atom stereocenters. The Kier molecular flexibility index (Phi) is 4.50. The minimum Gasteiger partial charge on any atom is -0.393 e. The van der Waals surface area contributed by atoms with E-state index in [9.17, 15) is 26.7 Å². The van der Waals surface area contributed by atoms with Crippen LogP contribution in [-0.4, -0.2) is 43.2 Å². The van der Waals surface area contributed by atoms with E-state index in [1.165, 1.54) is 12.1 Å². The quantitative estimate of drug-likeness (QED) is 0.655. The highest BCUT2D eigenvalue weighted by atomic mass is 32.2. The Morgan fingerprint density at radius 1 is 1.20 bits per heavy atom. The molecular weight excluding hydrogens is 361 g/mol. The van der Waals surface area contributed by atoms with Crippen molar-refractivity contribution in [1.82, 2.24) is 4.98 Å². The van der Waals surface area contributed by atoms with Gasteiger partial charge in [-0.05, 0) is 37.1 Å². The molecule has 10 heteroatoms.